The largest absolute Gasteiger partial charge is 0.494 e. The molecule has 0 aromatic heterocycles. The highest BCUT2D eigenvalue weighted by molar-refractivity contribution is 5.99. The molecule has 2 rings (SSSR count). The number of carbonyl (C=O) groups is 1. The predicted octanol–water partition coefficient (Wildman–Crippen LogP) is 3.61. The summed E-state index contributed by atoms with van der Waals surface area (Å²) in [6.07, 6.45) is -0.674. The summed E-state index contributed by atoms with van der Waals surface area (Å²) in [7, 11) is 0. The molecule has 0 radical (unpaired) electrons. The number of ketones is 1. The number of nitrogens with zero attached hydrogens (tertiary/aromatic N) is 1. The van der Waals surface area contributed by atoms with Crippen LogP contribution in [0.4, 0.5) is 0 Å². The van der Waals surface area contributed by atoms with Crippen LogP contribution in [-0.2, 0) is 0 Å². The summed E-state index contributed by atoms with van der Waals surface area (Å²) in [6.45, 7) is 4.16. The van der Waals surface area contributed by atoms with Crippen molar-refractivity contribution in [3.8, 4) is 17.6 Å². The van der Waals surface area contributed by atoms with Crippen LogP contribution in [0.25, 0.3) is 0 Å². The Hall–Kier alpha value is -2.80. The molecule has 22 heavy (non-hydrogen) atoms. The molecule has 0 aliphatic carbocycles. The molecule has 0 fully saturated rings. The first-order chi connectivity index (χ1) is 10.7. The van der Waals surface area contributed by atoms with Gasteiger partial charge in [0.25, 0.3) is 0 Å². The Morgan fingerprint density at radius 2 is 1.86 bits per heavy atom. The fourth-order valence-corrected chi connectivity index (χ4v) is 2.02. The van der Waals surface area contributed by atoms with Crippen molar-refractivity contribution in [3.63, 3.8) is 0 Å². The van der Waals surface area contributed by atoms with E-state index in [0.717, 1.165) is 5.75 Å². The van der Waals surface area contributed by atoms with Gasteiger partial charge in [-0.15, -0.1) is 0 Å². The maximum Gasteiger partial charge on any atom is 0.202 e. The highest BCUT2D eigenvalue weighted by Gasteiger charge is 2.18. The van der Waals surface area contributed by atoms with Crippen molar-refractivity contribution in [2.24, 2.45) is 0 Å². The smallest absolute Gasteiger partial charge is 0.202 e. The lowest BCUT2D eigenvalue weighted by molar-refractivity contribution is 0.0817. The number of rotatable bonds is 6. The van der Waals surface area contributed by atoms with Crippen molar-refractivity contribution >= 4 is 5.78 Å². The summed E-state index contributed by atoms with van der Waals surface area (Å²) in [5.41, 5.74) is 0.958. The summed E-state index contributed by atoms with van der Waals surface area (Å²) in [5, 5.41) is 9.04. The lowest BCUT2D eigenvalue weighted by atomic mass is 10.1. The summed E-state index contributed by atoms with van der Waals surface area (Å²) in [6, 6.07) is 15.8. The van der Waals surface area contributed by atoms with Gasteiger partial charge in [0.1, 0.15) is 17.6 Å². The van der Waals surface area contributed by atoms with Crippen molar-refractivity contribution in [2.45, 2.75) is 20.0 Å². The predicted molar refractivity (Wildman–Crippen MR) is 83.2 cm³/mol. The fraction of sp³-hybridized carbons (Fsp3) is 0.222. The second-order valence-corrected chi connectivity index (χ2v) is 4.69. The first kappa shape index (κ1) is 15.6. The van der Waals surface area contributed by atoms with Crippen molar-refractivity contribution in [1.82, 2.24) is 0 Å². The molecule has 0 amide bonds. The first-order valence-electron chi connectivity index (χ1n) is 7.08. The lowest BCUT2D eigenvalue weighted by Crippen LogP contribution is -2.24. The van der Waals surface area contributed by atoms with Crippen LogP contribution >= 0.6 is 0 Å². The van der Waals surface area contributed by atoms with Crippen LogP contribution in [0, 0.1) is 11.3 Å². The lowest BCUT2D eigenvalue weighted by Gasteiger charge is -2.15. The van der Waals surface area contributed by atoms with E-state index in [4.69, 9.17) is 14.7 Å². The van der Waals surface area contributed by atoms with Crippen molar-refractivity contribution in [1.29, 1.82) is 5.26 Å². The summed E-state index contributed by atoms with van der Waals surface area (Å²) >= 11 is 0. The SMILES string of the molecule is CCOc1ccc(C(=O)[C@H](C)Oc2ccccc2C#N)cc1. The van der Waals surface area contributed by atoms with Crippen LogP contribution in [0.5, 0.6) is 11.5 Å². The third-order valence-electron chi connectivity index (χ3n) is 3.13. The number of carbonyl (C=O) groups excluding carboxylic acids is 1. The Labute approximate surface area is 129 Å². The molecular weight excluding hydrogens is 278 g/mol. The summed E-state index contributed by atoms with van der Waals surface area (Å²) in [5.74, 6) is 0.995. The number of benzene rings is 2. The van der Waals surface area contributed by atoms with E-state index in [-0.39, 0.29) is 5.78 Å². The van der Waals surface area contributed by atoms with Gasteiger partial charge in [0, 0.05) is 5.56 Å². The molecule has 0 saturated heterocycles. The topological polar surface area (TPSA) is 59.3 Å². The number of para-hydroxylation sites is 1. The number of hydrogen-bond donors (Lipinski definition) is 0. The third kappa shape index (κ3) is 3.64. The van der Waals surface area contributed by atoms with Gasteiger partial charge in [-0.2, -0.15) is 5.26 Å². The van der Waals surface area contributed by atoms with Crippen LogP contribution in [0.1, 0.15) is 29.8 Å². The highest BCUT2D eigenvalue weighted by atomic mass is 16.5. The van der Waals surface area contributed by atoms with E-state index in [1.54, 1.807) is 55.5 Å². The fourth-order valence-electron chi connectivity index (χ4n) is 2.02. The molecule has 112 valence electrons. The third-order valence-corrected chi connectivity index (χ3v) is 3.13. The minimum atomic E-state index is -0.674. The van der Waals surface area contributed by atoms with E-state index in [9.17, 15) is 4.79 Å². The zero-order chi connectivity index (χ0) is 15.9. The quantitative estimate of drug-likeness (QED) is 0.764. The minimum Gasteiger partial charge on any atom is -0.494 e. The highest BCUT2D eigenvalue weighted by Crippen LogP contribution is 2.20. The second kappa shape index (κ2) is 7.28. The molecule has 0 saturated carbocycles. The van der Waals surface area contributed by atoms with Crippen molar-refractivity contribution in [2.75, 3.05) is 6.61 Å². The van der Waals surface area contributed by atoms with E-state index in [1.807, 2.05) is 13.0 Å². The van der Waals surface area contributed by atoms with Gasteiger partial charge in [-0.25, -0.2) is 0 Å². The van der Waals surface area contributed by atoms with E-state index < -0.39 is 6.10 Å². The average Bonchev–Trinajstić information content (AvgIpc) is 2.55. The van der Waals surface area contributed by atoms with Crippen molar-refractivity contribution < 1.29 is 14.3 Å². The van der Waals surface area contributed by atoms with Crippen LogP contribution < -0.4 is 9.47 Å². The molecule has 0 aliphatic rings. The Bertz CT molecular complexity index is 686. The number of nitriles is 1. The number of hydrogen-bond acceptors (Lipinski definition) is 4. The van der Waals surface area contributed by atoms with E-state index in [0.29, 0.717) is 23.5 Å². The zero-order valence-corrected chi connectivity index (χ0v) is 12.6. The molecule has 1 atom stereocenters. The van der Waals surface area contributed by atoms with Gasteiger partial charge in [-0.1, -0.05) is 12.1 Å². The Kier molecular flexibility index (Phi) is 5.16. The van der Waals surface area contributed by atoms with E-state index >= 15 is 0 Å². The minimum absolute atomic E-state index is 0.143. The molecule has 0 unspecified atom stereocenters. The maximum atomic E-state index is 12.4. The van der Waals surface area contributed by atoms with Gasteiger partial charge in [0.15, 0.2) is 6.10 Å². The molecule has 4 nitrogen and oxygen atoms in total. The molecule has 4 heteroatoms. The molecule has 0 spiro atoms. The standard InChI is InChI=1S/C18H17NO3/c1-3-21-16-10-8-14(9-11-16)18(20)13(2)22-17-7-5-4-6-15(17)12-19/h4-11,13H,3H2,1-2H3/t13-/m0/s1. The molecule has 0 heterocycles. The summed E-state index contributed by atoms with van der Waals surface area (Å²) < 4.78 is 11.0. The first-order valence-corrected chi connectivity index (χ1v) is 7.08. The van der Waals surface area contributed by atoms with E-state index in [2.05, 4.69) is 0 Å². The van der Waals surface area contributed by atoms with Gasteiger partial charge >= 0.3 is 0 Å². The average molecular weight is 295 g/mol. The Morgan fingerprint density at radius 3 is 2.50 bits per heavy atom. The van der Waals surface area contributed by atoms with Crippen LogP contribution in [0.3, 0.4) is 0 Å². The molecule has 2 aromatic carbocycles. The summed E-state index contributed by atoms with van der Waals surface area (Å²) in [4.78, 5) is 12.4. The molecule has 0 N–H and O–H groups in total. The normalized spacial score (nSPS) is 11.3. The molecule has 0 aliphatic heterocycles. The molecule has 2 aromatic rings. The Morgan fingerprint density at radius 1 is 1.18 bits per heavy atom. The number of ether oxygens (including phenoxy) is 2. The van der Waals surface area contributed by atoms with Crippen LogP contribution in [0.2, 0.25) is 0 Å². The van der Waals surface area contributed by atoms with Gasteiger partial charge in [-0.05, 0) is 50.2 Å². The van der Waals surface area contributed by atoms with E-state index in [1.165, 1.54) is 0 Å². The maximum absolute atomic E-state index is 12.4. The van der Waals surface area contributed by atoms with Gasteiger partial charge in [0.2, 0.25) is 5.78 Å². The van der Waals surface area contributed by atoms with Crippen LogP contribution in [0.15, 0.2) is 48.5 Å². The molecule has 0 bridgehead atoms. The second-order valence-electron chi connectivity index (χ2n) is 4.69. The van der Waals surface area contributed by atoms with Gasteiger partial charge in [-0.3, -0.25) is 4.79 Å². The number of Topliss-reactive ketones (excluding diaryl/α,β-unsaturated/α-hetero) is 1. The Balaban J connectivity index is 2.10. The monoisotopic (exact) mass is 295 g/mol. The van der Waals surface area contributed by atoms with Gasteiger partial charge in [0.05, 0.1) is 12.2 Å². The van der Waals surface area contributed by atoms with Crippen molar-refractivity contribution in [3.05, 3.63) is 59.7 Å². The van der Waals surface area contributed by atoms with Crippen LogP contribution in [-0.4, -0.2) is 18.5 Å². The molecular formula is C18H17NO3. The zero-order valence-electron chi connectivity index (χ0n) is 12.6. The van der Waals surface area contributed by atoms with Gasteiger partial charge < -0.3 is 9.47 Å².